The van der Waals surface area contributed by atoms with Gasteiger partial charge in [0.15, 0.2) is 0 Å². The maximum absolute atomic E-state index is 11.2. The van der Waals surface area contributed by atoms with Crippen molar-refractivity contribution in [3.8, 4) is 0 Å². The fraction of sp³-hybridized carbons (Fsp3) is 0.222. The van der Waals surface area contributed by atoms with E-state index < -0.39 is 10.0 Å². The number of rotatable bonds is 5. The van der Waals surface area contributed by atoms with Crippen molar-refractivity contribution in [2.75, 3.05) is 18.9 Å². The van der Waals surface area contributed by atoms with Gasteiger partial charge in [0.2, 0.25) is 5.91 Å². The lowest BCUT2D eigenvalue weighted by Gasteiger charge is -2.06. The van der Waals surface area contributed by atoms with E-state index in [1.807, 2.05) is 0 Å². The van der Waals surface area contributed by atoms with Gasteiger partial charge in [0.25, 0.3) is 10.0 Å². The van der Waals surface area contributed by atoms with Gasteiger partial charge in [-0.2, -0.15) is 0 Å². The summed E-state index contributed by atoms with van der Waals surface area (Å²) in [6, 6.07) is 5.40. The van der Waals surface area contributed by atoms with Gasteiger partial charge in [-0.1, -0.05) is 4.89 Å². The van der Waals surface area contributed by atoms with Crippen molar-refractivity contribution in [2.45, 2.75) is 4.90 Å². The average Bonchev–Trinajstić information content (AvgIpc) is 2.30. The number of hydrogen-bond donors (Lipinski definition) is 4. The summed E-state index contributed by atoms with van der Waals surface area (Å²) in [7, 11) is -2.23. The van der Waals surface area contributed by atoms with E-state index >= 15 is 0 Å². The van der Waals surface area contributed by atoms with Crippen LogP contribution < -0.4 is 15.5 Å². The van der Waals surface area contributed by atoms with Crippen molar-refractivity contribution >= 4 is 21.6 Å². The van der Waals surface area contributed by atoms with Gasteiger partial charge in [-0.05, 0) is 31.3 Å². The van der Waals surface area contributed by atoms with Crippen molar-refractivity contribution in [1.29, 1.82) is 0 Å². The summed E-state index contributed by atoms with van der Waals surface area (Å²) < 4.78 is 22.4. The number of nitrogens with one attached hydrogen (secondary N) is 3. The van der Waals surface area contributed by atoms with E-state index in [1.54, 1.807) is 7.05 Å². The lowest BCUT2D eigenvalue weighted by atomic mass is 10.3. The highest BCUT2D eigenvalue weighted by molar-refractivity contribution is 7.89. The first-order chi connectivity index (χ1) is 7.99. The summed E-state index contributed by atoms with van der Waals surface area (Å²) in [4.78, 5) is 12.3. The van der Waals surface area contributed by atoms with Crippen LogP contribution in [0, 0.1) is 0 Å². The molecule has 0 fully saturated rings. The van der Waals surface area contributed by atoms with E-state index in [1.165, 1.54) is 29.2 Å². The summed E-state index contributed by atoms with van der Waals surface area (Å²) in [5.41, 5.74) is 0.474. The number of carbonyl (C=O) groups is 1. The van der Waals surface area contributed by atoms with E-state index in [-0.39, 0.29) is 17.3 Å². The van der Waals surface area contributed by atoms with Gasteiger partial charge >= 0.3 is 0 Å². The van der Waals surface area contributed by atoms with Gasteiger partial charge in [0.1, 0.15) is 0 Å². The maximum atomic E-state index is 11.2. The van der Waals surface area contributed by atoms with E-state index in [9.17, 15) is 13.2 Å². The lowest BCUT2D eigenvalue weighted by Crippen LogP contribution is -2.25. The Kier molecular flexibility index (Phi) is 4.58. The van der Waals surface area contributed by atoms with Crippen molar-refractivity contribution in [3.05, 3.63) is 24.3 Å². The first-order valence-electron chi connectivity index (χ1n) is 4.70. The second kappa shape index (κ2) is 5.73. The molecule has 0 saturated carbocycles. The summed E-state index contributed by atoms with van der Waals surface area (Å²) in [5, 5.41) is 13.7. The summed E-state index contributed by atoms with van der Waals surface area (Å²) in [6.45, 7) is 0.165. The number of benzene rings is 1. The molecule has 0 atom stereocenters. The van der Waals surface area contributed by atoms with Crippen molar-refractivity contribution in [3.63, 3.8) is 0 Å². The third kappa shape index (κ3) is 3.79. The topological polar surface area (TPSA) is 108 Å². The smallest absolute Gasteiger partial charge is 0.262 e. The predicted octanol–water partition coefficient (Wildman–Crippen LogP) is -0.488. The Labute approximate surface area is 98.8 Å². The molecule has 1 aromatic carbocycles. The molecule has 0 aromatic heterocycles. The molecule has 1 amide bonds. The molecule has 0 radical (unpaired) electrons. The molecular weight excluding hydrogens is 246 g/mol. The molecule has 7 nitrogen and oxygen atoms in total. The van der Waals surface area contributed by atoms with Gasteiger partial charge in [0, 0.05) is 5.69 Å². The van der Waals surface area contributed by atoms with E-state index in [2.05, 4.69) is 10.6 Å². The minimum Gasteiger partial charge on any atom is -0.325 e. The molecule has 4 N–H and O–H groups in total. The summed E-state index contributed by atoms with van der Waals surface area (Å²) >= 11 is 0. The Bertz CT molecular complexity index is 483. The number of anilines is 1. The van der Waals surface area contributed by atoms with Crippen LogP contribution in [0.15, 0.2) is 29.2 Å². The molecule has 0 aliphatic rings. The average molecular weight is 259 g/mol. The molecule has 17 heavy (non-hydrogen) atoms. The van der Waals surface area contributed by atoms with E-state index in [0.717, 1.165) is 0 Å². The number of likely N-dealkylation sites (N-methyl/N-ethyl adjacent to an activating group) is 1. The quantitative estimate of drug-likeness (QED) is 0.534. The standard InChI is InChI=1S/C9H13N3O4S/c1-10-6-9(13)11-7-2-4-8(5-3-7)17(15,16)12-14/h2-5,10,12,14H,6H2,1H3,(H,11,13). The molecule has 1 rings (SSSR count). The second-order valence-electron chi connectivity index (χ2n) is 3.20. The van der Waals surface area contributed by atoms with E-state index in [4.69, 9.17) is 5.21 Å². The van der Waals surface area contributed by atoms with Gasteiger partial charge in [-0.15, -0.1) is 0 Å². The molecule has 0 saturated heterocycles. The normalized spacial score (nSPS) is 11.2. The lowest BCUT2D eigenvalue weighted by molar-refractivity contribution is -0.115. The third-order valence-corrected chi connectivity index (χ3v) is 3.04. The van der Waals surface area contributed by atoms with Gasteiger partial charge < -0.3 is 15.8 Å². The second-order valence-corrected chi connectivity index (χ2v) is 4.86. The molecule has 1 aromatic rings. The zero-order valence-corrected chi connectivity index (χ0v) is 9.91. The minimum atomic E-state index is -3.87. The first kappa shape index (κ1) is 13.6. The molecule has 94 valence electrons. The fourth-order valence-corrected chi connectivity index (χ4v) is 1.74. The number of sulfonamides is 1. The third-order valence-electron chi connectivity index (χ3n) is 1.91. The van der Waals surface area contributed by atoms with Gasteiger partial charge in [-0.3, -0.25) is 4.79 Å². The zero-order chi connectivity index (χ0) is 12.9. The highest BCUT2D eigenvalue weighted by Crippen LogP contribution is 2.13. The highest BCUT2D eigenvalue weighted by Gasteiger charge is 2.11. The van der Waals surface area contributed by atoms with Crippen LogP contribution in [-0.4, -0.2) is 33.1 Å². The van der Waals surface area contributed by atoms with Crippen LogP contribution in [0.5, 0.6) is 0 Å². The Balaban J connectivity index is 2.79. The Morgan fingerprint density at radius 2 is 1.88 bits per heavy atom. The van der Waals surface area contributed by atoms with Crippen LogP contribution >= 0.6 is 0 Å². The fourth-order valence-electron chi connectivity index (χ4n) is 1.14. The van der Waals surface area contributed by atoms with Crippen LogP contribution in [0.4, 0.5) is 5.69 Å². The molecule has 0 unspecified atom stereocenters. The maximum Gasteiger partial charge on any atom is 0.262 e. The van der Waals surface area contributed by atoms with Crippen molar-refractivity contribution < 1.29 is 18.4 Å². The summed E-state index contributed by atoms with van der Waals surface area (Å²) in [5.74, 6) is -0.233. The Morgan fingerprint density at radius 1 is 1.29 bits per heavy atom. The highest BCUT2D eigenvalue weighted by atomic mass is 32.2. The molecule has 8 heteroatoms. The van der Waals surface area contributed by atoms with Crippen LogP contribution in [0.1, 0.15) is 0 Å². The first-order valence-corrected chi connectivity index (χ1v) is 6.18. The van der Waals surface area contributed by atoms with Crippen LogP contribution in [0.3, 0.4) is 0 Å². The van der Waals surface area contributed by atoms with Crippen molar-refractivity contribution in [2.24, 2.45) is 0 Å². The monoisotopic (exact) mass is 259 g/mol. The van der Waals surface area contributed by atoms with Gasteiger partial charge in [0.05, 0.1) is 11.4 Å². The van der Waals surface area contributed by atoms with Crippen LogP contribution in [0.25, 0.3) is 0 Å². The Morgan fingerprint density at radius 3 is 2.35 bits per heavy atom. The van der Waals surface area contributed by atoms with Gasteiger partial charge in [-0.25, -0.2) is 8.42 Å². The molecule has 0 bridgehead atoms. The Hall–Kier alpha value is -1.48. The SMILES string of the molecule is CNCC(=O)Nc1ccc(S(=O)(=O)NO)cc1. The molecule has 0 spiro atoms. The zero-order valence-electron chi connectivity index (χ0n) is 9.10. The summed E-state index contributed by atoms with van der Waals surface area (Å²) in [6.07, 6.45) is 0. The molecule has 0 heterocycles. The van der Waals surface area contributed by atoms with E-state index in [0.29, 0.717) is 5.69 Å². The molecule has 0 aliphatic carbocycles. The number of hydrogen-bond acceptors (Lipinski definition) is 5. The minimum absolute atomic E-state index is 0.0911. The van der Waals surface area contributed by atoms with Crippen LogP contribution in [-0.2, 0) is 14.8 Å². The number of carbonyl (C=O) groups excluding carboxylic acids is 1. The molecular formula is C9H13N3O4S. The number of amides is 1. The van der Waals surface area contributed by atoms with Crippen molar-refractivity contribution in [1.82, 2.24) is 10.2 Å². The predicted molar refractivity (Wildman–Crippen MR) is 61.1 cm³/mol. The molecule has 0 aliphatic heterocycles. The largest absolute Gasteiger partial charge is 0.325 e. The van der Waals surface area contributed by atoms with Crippen LogP contribution in [0.2, 0.25) is 0 Å².